The quantitative estimate of drug-likeness (QED) is 0.903. The Balaban J connectivity index is 1.86. The SMILES string of the molecule is CC(C)Cc1nnc(NC(=O)CN2CCCCCC2=O)s1. The van der Waals surface area contributed by atoms with E-state index in [2.05, 4.69) is 29.4 Å². The minimum atomic E-state index is -0.197. The summed E-state index contributed by atoms with van der Waals surface area (Å²) in [7, 11) is 0. The fraction of sp³-hybridized carbons (Fsp3) is 0.714. The summed E-state index contributed by atoms with van der Waals surface area (Å²) in [6.45, 7) is 5.01. The molecule has 6 nitrogen and oxygen atoms in total. The lowest BCUT2D eigenvalue weighted by molar-refractivity contribution is -0.134. The van der Waals surface area contributed by atoms with Gasteiger partial charge in [-0.2, -0.15) is 0 Å². The highest BCUT2D eigenvalue weighted by Gasteiger charge is 2.19. The molecule has 1 fully saturated rings. The molecule has 0 radical (unpaired) electrons. The molecule has 116 valence electrons. The molecule has 2 heterocycles. The molecule has 1 N–H and O–H groups in total. The van der Waals surface area contributed by atoms with Gasteiger partial charge in [-0.25, -0.2) is 0 Å². The average molecular weight is 310 g/mol. The topological polar surface area (TPSA) is 75.2 Å². The molecular weight excluding hydrogens is 288 g/mol. The summed E-state index contributed by atoms with van der Waals surface area (Å²) in [5, 5.41) is 12.2. The van der Waals surface area contributed by atoms with E-state index in [0.717, 1.165) is 30.7 Å². The van der Waals surface area contributed by atoms with Crippen LogP contribution in [0.1, 0.15) is 44.5 Å². The van der Waals surface area contributed by atoms with Crippen molar-refractivity contribution in [3.8, 4) is 0 Å². The van der Waals surface area contributed by atoms with Gasteiger partial charge in [-0.15, -0.1) is 10.2 Å². The van der Waals surface area contributed by atoms with E-state index in [1.807, 2.05) is 0 Å². The molecule has 0 atom stereocenters. The Bertz CT molecular complexity index is 501. The summed E-state index contributed by atoms with van der Waals surface area (Å²) >= 11 is 1.40. The van der Waals surface area contributed by atoms with Crippen molar-refractivity contribution in [1.82, 2.24) is 15.1 Å². The van der Waals surface area contributed by atoms with Crippen LogP contribution in [0.25, 0.3) is 0 Å². The van der Waals surface area contributed by atoms with E-state index in [4.69, 9.17) is 0 Å². The molecule has 0 unspecified atom stereocenters. The zero-order valence-corrected chi connectivity index (χ0v) is 13.4. The molecule has 21 heavy (non-hydrogen) atoms. The number of carbonyl (C=O) groups is 2. The molecule has 0 aromatic carbocycles. The summed E-state index contributed by atoms with van der Waals surface area (Å²) in [5.74, 6) is 0.383. The summed E-state index contributed by atoms with van der Waals surface area (Å²) in [6.07, 6.45) is 4.35. The number of hydrogen-bond donors (Lipinski definition) is 1. The summed E-state index contributed by atoms with van der Waals surface area (Å²) in [6, 6.07) is 0. The lowest BCUT2D eigenvalue weighted by Crippen LogP contribution is -2.37. The molecule has 1 aromatic heterocycles. The Labute approximate surface area is 128 Å². The second kappa shape index (κ2) is 7.49. The highest BCUT2D eigenvalue weighted by Crippen LogP contribution is 2.18. The number of nitrogens with one attached hydrogen (secondary N) is 1. The van der Waals surface area contributed by atoms with Crippen LogP contribution in [0.4, 0.5) is 5.13 Å². The van der Waals surface area contributed by atoms with Gasteiger partial charge < -0.3 is 4.90 Å². The number of likely N-dealkylation sites (tertiary alicyclic amines) is 1. The lowest BCUT2D eigenvalue weighted by atomic mass is 10.1. The van der Waals surface area contributed by atoms with Gasteiger partial charge in [0.2, 0.25) is 16.9 Å². The fourth-order valence-electron chi connectivity index (χ4n) is 2.27. The third-order valence-electron chi connectivity index (χ3n) is 3.30. The van der Waals surface area contributed by atoms with Gasteiger partial charge in [-0.3, -0.25) is 14.9 Å². The third kappa shape index (κ3) is 5.08. The minimum absolute atomic E-state index is 0.0698. The first-order chi connectivity index (χ1) is 10.0. The van der Waals surface area contributed by atoms with Crippen molar-refractivity contribution < 1.29 is 9.59 Å². The van der Waals surface area contributed by atoms with Crippen LogP contribution < -0.4 is 5.32 Å². The first-order valence-electron chi connectivity index (χ1n) is 7.44. The molecule has 0 bridgehead atoms. The van der Waals surface area contributed by atoms with E-state index in [9.17, 15) is 9.59 Å². The monoisotopic (exact) mass is 310 g/mol. The Morgan fingerprint density at radius 3 is 2.90 bits per heavy atom. The van der Waals surface area contributed by atoms with Crippen molar-refractivity contribution in [2.75, 3.05) is 18.4 Å². The molecule has 7 heteroatoms. The third-order valence-corrected chi connectivity index (χ3v) is 4.16. The molecule has 1 aromatic rings. The standard InChI is InChI=1S/C14H22N4O2S/c1-10(2)8-12-16-17-14(21-12)15-11(19)9-18-7-5-3-4-6-13(18)20/h10H,3-9H2,1-2H3,(H,15,17,19). The Hall–Kier alpha value is -1.50. The van der Waals surface area contributed by atoms with Crippen LogP contribution in [-0.2, 0) is 16.0 Å². The maximum absolute atomic E-state index is 12.0. The zero-order chi connectivity index (χ0) is 15.2. The maximum atomic E-state index is 12.0. The van der Waals surface area contributed by atoms with Crippen LogP contribution in [0.5, 0.6) is 0 Å². The van der Waals surface area contributed by atoms with E-state index >= 15 is 0 Å². The van der Waals surface area contributed by atoms with Gasteiger partial charge >= 0.3 is 0 Å². The van der Waals surface area contributed by atoms with Crippen molar-refractivity contribution in [2.45, 2.75) is 46.0 Å². The van der Waals surface area contributed by atoms with E-state index in [0.29, 0.717) is 24.0 Å². The lowest BCUT2D eigenvalue weighted by Gasteiger charge is -2.19. The van der Waals surface area contributed by atoms with Crippen molar-refractivity contribution in [1.29, 1.82) is 0 Å². The molecule has 0 saturated carbocycles. The molecular formula is C14H22N4O2S. The summed E-state index contributed by atoms with van der Waals surface area (Å²) < 4.78 is 0. The smallest absolute Gasteiger partial charge is 0.245 e. The van der Waals surface area contributed by atoms with E-state index in [1.165, 1.54) is 11.3 Å². The number of amides is 2. The predicted octanol–water partition coefficient (Wildman–Crippen LogP) is 2.08. The molecule has 1 aliphatic heterocycles. The number of aromatic nitrogens is 2. The van der Waals surface area contributed by atoms with Gasteiger partial charge in [0, 0.05) is 19.4 Å². The molecule has 2 rings (SSSR count). The molecule has 0 aliphatic carbocycles. The average Bonchev–Trinajstić information content (AvgIpc) is 2.72. The first kappa shape index (κ1) is 15.9. The largest absolute Gasteiger partial charge is 0.333 e. The van der Waals surface area contributed by atoms with Gasteiger partial charge in [0.05, 0.1) is 6.54 Å². The van der Waals surface area contributed by atoms with Crippen LogP contribution in [-0.4, -0.2) is 40.0 Å². The summed E-state index contributed by atoms with van der Waals surface area (Å²) in [4.78, 5) is 25.5. The molecule has 0 spiro atoms. The van der Waals surface area contributed by atoms with Gasteiger partial charge in [0.1, 0.15) is 5.01 Å². The van der Waals surface area contributed by atoms with Crippen molar-refractivity contribution >= 4 is 28.3 Å². The highest BCUT2D eigenvalue weighted by atomic mass is 32.1. The van der Waals surface area contributed by atoms with Gasteiger partial charge in [-0.1, -0.05) is 31.6 Å². The molecule has 1 saturated heterocycles. The van der Waals surface area contributed by atoms with Gasteiger partial charge in [-0.05, 0) is 18.8 Å². The Kier molecular flexibility index (Phi) is 5.67. The number of hydrogen-bond acceptors (Lipinski definition) is 5. The first-order valence-corrected chi connectivity index (χ1v) is 8.26. The van der Waals surface area contributed by atoms with E-state index in [1.54, 1.807) is 4.90 Å². The number of rotatable bonds is 5. The number of anilines is 1. The number of carbonyl (C=O) groups excluding carboxylic acids is 2. The van der Waals surface area contributed by atoms with Crippen LogP contribution in [0, 0.1) is 5.92 Å². The van der Waals surface area contributed by atoms with Crippen LogP contribution in [0.3, 0.4) is 0 Å². The second-order valence-electron chi connectivity index (χ2n) is 5.77. The minimum Gasteiger partial charge on any atom is -0.333 e. The van der Waals surface area contributed by atoms with Crippen molar-refractivity contribution in [3.63, 3.8) is 0 Å². The maximum Gasteiger partial charge on any atom is 0.245 e. The molecule has 1 aliphatic rings. The van der Waals surface area contributed by atoms with Gasteiger partial charge in [0.15, 0.2) is 0 Å². The van der Waals surface area contributed by atoms with Crippen LogP contribution in [0.2, 0.25) is 0 Å². The molecule has 2 amide bonds. The summed E-state index contributed by atoms with van der Waals surface area (Å²) in [5.41, 5.74) is 0. The number of nitrogens with zero attached hydrogens (tertiary/aromatic N) is 3. The predicted molar refractivity (Wildman–Crippen MR) is 82.1 cm³/mol. The van der Waals surface area contributed by atoms with Crippen LogP contribution in [0.15, 0.2) is 0 Å². The van der Waals surface area contributed by atoms with Crippen LogP contribution >= 0.6 is 11.3 Å². The Morgan fingerprint density at radius 2 is 2.14 bits per heavy atom. The van der Waals surface area contributed by atoms with E-state index < -0.39 is 0 Å². The van der Waals surface area contributed by atoms with E-state index in [-0.39, 0.29) is 18.4 Å². The highest BCUT2D eigenvalue weighted by molar-refractivity contribution is 7.15. The Morgan fingerprint density at radius 1 is 1.33 bits per heavy atom. The van der Waals surface area contributed by atoms with Gasteiger partial charge in [0.25, 0.3) is 0 Å². The second-order valence-corrected chi connectivity index (χ2v) is 6.84. The zero-order valence-electron chi connectivity index (χ0n) is 12.6. The fourth-order valence-corrected chi connectivity index (χ4v) is 3.24. The van der Waals surface area contributed by atoms with Crippen molar-refractivity contribution in [2.24, 2.45) is 5.92 Å². The van der Waals surface area contributed by atoms with Crippen molar-refractivity contribution in [3.05, 3.63) is 5.01 Å². The normalized spacial score (nSPS) is 16.1.